The fourth-order valence-electron chi connectivity index (χ4n) is 2.96. The lowest BCUT2D eigenvalue weighted by atomic mass is 10.1. The van der Waals surface area contributed by atoms with Crippen LogP contribution < -0.4 is 9.47 Å². The van der Waals surface area contributed by atoms with E-state index in [-0.39, 0.29) is 23.5 Å². The lowest BCUT2D eigenvalue weighted by molar-refractivity contribution is -0.131. The Morgan fingerprint density at radius 1 is 1.26 bits per heavy atom. The van der Waals surface area contributed by atoms with Crippen LogP contribution in [0.3, 0.4) is 0 Å². The maximum absolute atomic E-state index is 12.3. The molecule has 0 saturated carbocycles. The first kappa shape index (κ1) is 16.1. The molecule has 0 N–H and O–H groups in total. The van der Waals surface area contributed by atoms with Crippen molar-refractivity contribution in [2.75, 3.05) is 31.8 Å². The number of hydrogen-bond donors (Lipinski definition) is 0. The van der Waals surface area contributed by atoms with E-state index in [0.717, 1.165) is 17.1 Å². The third-order valence-corrected chi connectivity index (χ3v) is 6.13. The standard InChI is InChI=1S/C16H21NO5S/c1-17(13-6-9-23(19,20)11-13)16(18)5-3-12-2-4-14-15(10-12)22-8-7-21-14/h2,4,10,13H,3,5-9,11H2,1H3. The van der Waals surface area contributed by atoms with Crippen LogP contribution >= 0.6 is 0 Å². The van der Waals surface area contributed by atoms with Gasteiger partial charge >= 0.3 is 0 Å². The van der Waals surface area contributed by atoms with Crippen molar-refractivity contribution in [2.45, 2.75) is 25.3 Å². The summed E-state index contributed by atoms with van der Waals surface area (Å²) >= 11 is 0. The summed E-state index contributed by atoms with van der Waals surface area (Å²) in [7, 11) is -1.28. The van der Waals surface area contributed by atoms with Crippen LogP contribution in [0.25, 0.3) is 0 Å². The maximum atomic E-state index is 12.3. The fourth-order valence-corrected chi connectivity index (χ4v) is 4.73. The maximum Gasteiger partial charge on any atom is 0.222 e. The largest absolute Gasteiger partial charge is 0.486 e. The molecule has 2 heterocycles. The van der Waals surface area contributed by atoms with Crippen LogP contribution in [0.2, 0.25) is 0 Å². The normalized spacial score (nSPS) is 21.9. The van der Waals surface area contributed by atoms with E-state index >= 15 is 0 Å². The van der Waals surface area contributed by atoms with Crippen molar-refractivity contribution >= 4 is 15.7 Å². The zero-order chi connectivity index (χ0) is 16.4. The lowest BCUT2D eigenvalue weighted by Crippen LogP contribution is -2.37. The minimum Gasteiger partial charge on any atom is -0.486 e. The van der Waals surface area contributed by atoms with Crippen molar-refractivity contribution < 1.29 is 22.7 Å². The van der Waals surface area contributed by atoms with E-state index in [1.54, 1.807) is 11.9 Å². The third-order valence-electron chi connectivity index (χ3n) is 4.38. The number of carbonyl (C=O) groups is 1. The van der Waals surface area contributed by atoms with Crippen LogP contribution in [-0.4, -0.2) is 57.0 Å². The smallest absolute Gasteiger partial charge is 0.222 e. The Hall–Kier alpha value is -1.76. The highest BCUT2D eigenvalue weighted by molar-refractivity contribution is 7.91. The highest BCUT2D eigenvalue weighted by Gasteiger charge is 2.32. The molecule has 1 saturated heterocycles. The van der Waals surface area contributed by atoms with Crippen LogP contribution in [0.15, 0.2) is 18.2 Å². The highest BCUT2D eigenvalue weighted by Crippen LogP contribution is 2.31. The molecule has 7 heteroatoms. The second-order valence-corrected chi connectivity index (χ2v) is 8.27. The molecule has 1 aromatic rings. The predicted octanol–water partition coefficient (Wildman–Crippen LogP) is 1.04. The van der Waals surface area contributed by atoms with Gasteiger partial charge in [0.1, 0.15) is 13.2 Å². The van der Waals surface area contributed by atoms with E-state index in [0.29, 0.717) is 32.5 Å². The summed E-state index contributed by atoms with van der Waals surface area (Å²) in [6.07, 6.45) is 1.49. The molecule has 126 valence electrons. The van der Waals surface area contributed by atoms with Crippen molar-refractivity contribution in [3.8, 4) is 11.5 Å². The van der Waals surface area contributed by atoms with E-state index in [1.807, 2.05) is 18.2 Å². The van der Waals surface area contributed by atoms with E-state index in [1.165, 1.54) is 0 Å². The molecule has 23 heavy (non-hydrogen) atoms. The fraction of sp³-hybridized carbons (Fsp3) is 0.562. The zero-order valence-corrected chi connectivity index (χ0v) is 14.0. The van der Waals surface area contributed by atoms with Gasteiger partial charge in [-0.2, -0.15) is 0 Å². The van der Waals surface area contributed by atoms with Crippen LogP contribution in [0, 0.1) is 0 Å². The summed E-state index contributed by atoms with van der Waals surface area (Å²) in [5, 5.41) is 0. The van der Waals surface area contributed by atoms with Gasteiger partial charge in [0.2, 0.25) is 5.91 Å². The first-order valence-electron chi connectivity index (χ1n) is 7.79. The Balaban J connectivity index is 1.56. The van der Waals surface area contributed by atoms with Crippen molar-refractivity contribution in [3.63, 3.8) is 0 Å². The SMILES string of the molecule is CN(C(=O)CCc1ccc2c(c1)OCCO2)C1CCS(=O)(=O)C1. The minimum atomic E-state index is -2.98. The predicted molar refractivity (Wildman–Crippen MR) is 85.6 cm³/mol. The summed E-state index contributed by atoms with van der Waals surface area (Å²) < 4.78 is 34.0. The van der Waals surface area contributed by atoms with E-state index in [9.17, 15) is 13.2 Å². The minimum absolute atomic E-state index is 0.0259. The Morgan fingerprint density at radius 2 is 2.00 bits per heavy atom. The molecule has 0 spiro atoms. The van der Waals surface area contributed by atoms with Gasteiger partial charge in [0.05, 0.1) is 11.5 Å². The molecule has 6 nitrogen and oxygen atoms in total. The first-order valence-corrected chi connectivity index (χ1v) is 9.61. The van der Waals surface area contributed by atoms with Gasteiger partial charge in [0.25, 0.3) is 0 Å². The summed E-state index contributed by atoms with van der Waals surface area (Å²) in [6, 6.07) is 5.51. The molecule has 2 aliphatic heterocycles. The third kappa shape index (κ3) is 3.77. The molecule has 0 aromatic heterocycles. The monoisotopic (exact) mass is 339 g/mol. The number of hydrogen-bond acceptors (Lipinski definition) is 5. The number of ether oxygens (including phenoxy) is 2. The van der Waals surface area contributed by atoms with Gasteiger partial charge in [-0.3, -0.25) is 4.79 Å². The quantitative estimate of drug-likeness (QED) is 0.819. The molecular weight excluding hydrogens is 318 g/mol. The molecule has 1 aromatic carbocycles. The highest BCUT2D eigenvalue weighted by atomic mass is 32.2. The Morgan fingerprint density at radius 3 is 2.70 bits per heavy atom. The number of nitrogens with zero attached hydrogens (tertiary/aromatic N) is 1. The Kier molecular flexibility index (Phi) is 4.48. The van der Waals surface area contributed by atoms with Gasteiger partial charge in [-0.15, -0.1) is 0 Å². The molecule has 2 aliphatic rings. The summed E-state index contributed by atoms with van der Waals surface area (Å²) in [6.45, 7) is 1.09. The van der Waals surface area contributed by atoms with Crippen LogP contribution in [0.1, 0.15) is 18.4 Å². The van der Waals surface area contributed by atoms with Crippen molar-refractivity contribution in [3.05, 3.63) is 23.8 Å². The Labute approximate surface area is 136 Å². The van der Waals surface area contributed by atoms with Gasteiger partial charge in [0, 0.05) is 19.5 Å². The van der Waals surface area contributed by atoms with Gasteiger partial charge in [0.15, 0.2) is 21.3 Å². The molecule has 1 amide bonds. The molecule has 1 unspecified atom stereocenters. The number of fused-ring (bicyclic) bond motifs is 1. The number of carbonyl (C=O) groups excluding carboxylic acids is 1. The number of aryl methyl sites for hydroxylation is 1. The molecular formula is C16H21NO5S. The Bertz CT molecular complexity index is 700. The molecule has 0 aliphatic carbocycles. The van der Waals surface area contributed by atoms with Crippen LogP contribution in [-0.2, 0) is 21.1 Å². The van der Waals surface area contributed by atoms with Crippen molar-refractivity contribution in [1.82, 2.24) is 4.90 Å². The van der Waals surface area contributed by atoms with Crippen LogP contribution in [0.4, 0.5) is 0 Å². The van der Waals surface area contributed by atoms with Crippen molar-refractivity contribution in [1.29, 1.82) is 0 Å². The topological polar surface area (TPSA) is 72.9 Å². The van der Waals surface area contributed by atoms with Gasteiger partial charge < -0.3 is 14.4 Å². The summed E-state index contributed by atoms with van der Waals surface area (Å²) in [5.74, 6) is 1.69. The van der Waals surface area contributed by atoms with Gasteiger partial charge in [-0.05, 0) is 30.5 Å². The molecule has 3 rings (SSSR count). The number of sulfone groups is 1. The number of benzene rings is 1. The molecule has 0 bridgehead atoms. The molecule has 0 radical (unpaired) electrons. The number of rotatable bonds is 4. The summed E-state index contributed by atoms with van der Waals surface area (Å²) in [5.41, 5.74) is 1.01. The second kappa shape index (κ2) is 6.39. The van der Waals surface area contributed by atoms with Crippen molar-refractivity contribution in [2.24, 2.45) is 0 Å². The zero-order valence-electron chi connectivity index (χ0n) is 13.2. The molecule has 1 atom stereocenters. The number of amides is 1. The van der Waals surface area contributed by atoms with Gasteiger partial charge in [-0.25, -0.2) is 8.42 Å². The van der Waals surface area contributed by atoms with E-state index in [2.05, 4.69) is 0 Å². The summed E-state index contributed by atoms with van der Waals surface area (Å²) in [4.78, 5) is 13.9. The second-order valence-electron chi connectivity index (χ2n) is 6.04. The van der Waals surface area contributed by atoms with E-state index < -0.39 is 9.84 Å². The van der Waals surface area contributed by atoms with Gasteiger partial charge in [-0.1, -0.05) is 6.07 Å². The first-order chi connectivity index (χ1) is 10.9. The lowest BCUT2D eigenvalue weighted by Gasteiger charge is -2.23. The van der Waals surface area contributed by atoms with E-state index in [4.69, 9.17) is 9.47 Å². The molecule has 1 fully saturated rings. The van der Waals surface area contributed by atoms with Crippen LogP contribution in [0.5, 0.6) is 11.5 Å². The average Bonchev–Trinajstić information content (AvgIpc) is 2.91. The average molecular weight is 339 g/mol.